The maximum Gasteiger partial charge on any atom is 0.325 e. The molecule has 3 aromatic rings. The van der Waals surface area contributed by atoms with Gasteiger partial charge in [-0.05, 0) is 53.1 Å². The van der Waals surface area contributed by atoms with Gasteiger partial charge < -0.3 is 5.32 Å². The summed E-state index contributed by atoms with van der Waals surface area (Å²) in [7, 11) is 0. The third-order valence-corrected chi connectivity index (χ3v) is 6.30. The van der Waals surface area contributed by atoms with E-state index in [0.717, 1.165) is 40.7 Å². The molecular formula is C26H21N3O2. The van der Waals surface area contributed by atoms with Crippen LogP contribution in [0.4, 0.5) is 4.79 Å². The van der Waals surface area contributed by atoms with Gasteiger partial charge in [0.05, 0.1) is 18.2 Å². The molecule has 1 atom stereocenters. The van der Waals surface area contributed by atoms with Crippen LogP contribution >= 0.6 is 0 Å². The third kappa shape index (κ3) is 3.08. The Balaban J connectivity index is 1.41. The second-order valence-corrected chi connectivity index (χ2v) is 8.09. The minimum atomic E-state index is -0.947. The van der Waals surface area contributed by atoms with Crippen molar-refractivity contribution < 1.29 is 9.59 Å². The van der Waals surface area contributed by atoms with Gasteiger partial charge in [0, 0.05) is 0 Å². The molecule has 3 aromatic carbocycles. The number of hydrogen-bond acceptors (Lipinski definition) is 3. The minimum Gasteiger partial charge on any atom is -0.319 e. The Bertz CT molecular complexity index is 1230. The molecule has 1 fully saturated rings. The van der Waals surface area contributed by atoms with Crippen molar-refractivity contribution in [2.45, 2.75) is 31.3 Å². The molecule has 5 nitrogen and oxygen atoms in total. The zero-order chi connectivity index (χ0) is 21.4. The van der Waals surface area contributed by atoms with Crippen LogP contribution in [0.15, 0.2) is 72.8 Å². The number of fused-ring (bicyclic) bond motifs is 2. The first-order valence-electron chi connectivity index (χ1n) is 10.4. The highest BCUT2D eigenvalue weighted by Crippen LogP contribution is 2.40. The Morgan fingerprint density at radius 2 is 1.71 bits per heavy atom. The summed E-state index contributed by atoms with van der Waals surface area (Å²) >= 11 is 0. The number of hydrogen-bond donors (Lipinski definition) is 1. The summed E-state index contributed by atoms with van der Waals surface area (Å²) in [5.74, 6) is -0.177. The third-order valence-electron chi connectivity index (χ3n) is 6.30. The molecule has 1 N–H and O–H groups in total. The van der Waals surface area contributed by atoms with Crippen LogP contribution in [-0.2, 0) is 23.3 Å². The van der Waals surface area contributed by atoms with Gasteiger partial charge >= 0.3 is 6.03 Å². The highest BCUT2D eigenvalue weighted by atomic mass is 16.2. The van der Waals surface area contributed by atoms with Crippen molar-refractivity contribution in [2.75, 3.05) is 0 Å². The monoisotopic (exact) mass is 407 g/mol. The summed E-state index contributed by atoms with van der Waals surface area (Å²) in [6.45, 7) is 0.217. The first-order valence-corrected chi connectivity index (χ1v) is 10.4. The van der Waals surface area contributed by atoms with E-state index in [2.05, 4.69) is 11.4 Å². The van der Waals surface area contributed by atoms with Gasteiger partial charge in [0.25, 0.3) is 5.91 Å². The second-order valence-electron chi connectivity index (χ2n) is 8.09. The summed E-state index contributed by atoms with van der Waals surface area (Å²) in [6.07, 6.45) is 2.41. The van der Waals surface area contributed by atoms with Crippen molar-refractivity contribution in [1.29, 1.82) is 5.26 Å². The number of nitrogens with zero attached hydrogens (tertiary/aromatic N) is 2. The van der Waals surface area contributed by atoms with E-state index < -0.39 is 5.54 Å². The molecule has 1 saturated heterocycles. The zero-order valence-electron chi connectivity index (χ0n) is 17.0. The Morgan fingerprint density at radius 3 is 2.52 bits per heavy atom. The first-order chi connectivity index (χ1) is 15.1. The normalized spacial score (nSPS) is 19.8. The van der Waals surface area contributed by atoms with Crippen LogP contribution in [0.25, 0.3) is 11.1 Å². The number of benzene rings is 3. The number of aryl methyl sites for hydroxylation is 1. The van der Waals surface area contributed by atoms with Crippen molar-refractivity contribution in [3.8, 4) is 17.2 Å². The summed E-state index contributed by atoms with van der Waals surface area (Å²) in [4.78, 5) is 27.6. The van der Waals surface area contributed by atoms with Gasteiger partial charge in [-0.25, -0.2) is 4.79 Å². The summed E-state index contributed by atoms with van der Waals surface area (Å²) in [6, 6.07) is 24.9. The van der Waals surface area contributed by atoms with Gasteiger partial charge in [-0.2, -0.15) is 5.26 Å². The number of imide groups is 1. The van der Waals surface area contributed by atoms with Crippen molar-refractivity contribution in [3.05, 3.63) is 95.1 Å². The highest BCUT2D eigenvalue weighted by Gasteiger charge is 2.53. The van der Waals surface area contributed by atoms with Gasteiger partial charge in [0.1, 0.15) is 5.54 Å². The number of nitriles is 1. The number of carbonyl (C=O) groups excluding carboxylic acids is 2. The van der Waals surface area contributed by atoms with E-state index >= 15 is 0 Å². The number of amides is 3. The summed E-state index contributed by atoms with van der Waals surface area (Å²) in [5, 5.41) is 12.3. The van der Waals surface area contributed by atoms with Crippen molar-refractivity contribution >= 4 is 11.9 Å². The molecule has 1 aliphatic heterocycles. The predicted octanol–water partition coefficient (Wildman–Crippen LogP) is 4.51. The fourth-order valence-electron chi connectivity index (χ4n) is 4.76. The lowest BCUT2D eigenvalue weighted by molar-refractivity contribution is -0.132. The molecule has 1 spiro atoms. The summed E-state index contributed by atoms with van der Waals surface area (Å²) < 4.78 is 0. The number of rotatable bonds is 3. The van der Waals surface area contributed by atoms with E-state index in [1.807, 2.05) is 66.7 Å². The number of urea groups is 1. The van der Waals surface area contributed by atoms with Gasteiger partial charge in [-0.3, -0.25) is 9.69 Å². The molecule has 5 heteroatoms. The average Bonchev–Trinajstić information content (AvgIpc) is 3.04. The molecule has 1 unspecified atom stereocenters. The van der Waals surface area contributed by atoms with Crippen LogP contribution in [0.1, 0.15) is 35.1 Å². The van der Waals surface area contributed by atoms with E-state index in [0.29, 0.717) is 12.0 Å². The highest BCUT2D eigenvalue weighted by molar-refractivity contribution is 6.07. The Hall–Kier alpha value is -3.91. The van der Waals surface area contributed by atoms with E-state index in [9.17, 15) is 14.9 Å². The number of carbonyl (C=O) groups is 2. The van der Waals surface area contributed by atoms with Crippen LogP contribution in [0, 0.1) is 11.3 Å². The molecule has 1 aliphatic carbocycles. The van der Waals surface area contributed by atoms with E-state index in [-0.39, 0.29) is 18.5 Å². The van der Waals surface area contributed by atoms with Crippen molar-refractivity contribution in [1.82, 2.24) is 10.2 Å². The van der Waals surface area contributed by atoms with E-state index in [1.54, 1.807) is 6.07 Å². The quantitative estimate of drug-likeness (QED) is 0.649. The molecule has 152 valence electrons. The molecule has 0 aromatic heterocycles. The maximum atomic E-state index is 13.4. The molecule has 1 heterocycles. The second kappa shape index (κ2) is 7.41. The molecule has 3 amide bonds. The fraction of sp³-hybridized carbons (Fsp3) is 0.192. The lowest BCUT2D eigenvalue weighted by Crippen LogP contribution is -2.46. The van der Waals surface area contributed by atoms with Gasteiger partial charge in [-0.1, -0.05) is 66.7 Å². The average molecular weight is 407 g/mol. The first kappa shape index (κ1) is 19.1. The molecule has 2 aliphatic rings. The molecule has 0 radical (unpaired) electrons. The smallest absolute Gasteiger partial charge is 0.319 e. The SMILES string of the molecule is N#Cc1ccccc1-c1ccc(CN2C(=O)NC3(CCCc4ccccc43)C2=O)cc1. The topological polar surface area (TPSA) is 73.2 Å². The minimum absolute atomic E-state index is 0.177. The largest absolute Gasteiger partial charge is 0.325 e. The van der Waals surface area contributed by atoms with Crippen LogP contribution in [0.5, 0.6) is 0 Å². The zero-order valence-corrected chi connectivity index (χ0v) is 17.0. The van der Waals surface area contributed by atoms with Gasteiger partial charge in [0.15, 0.2) is 0 Å². The lowest BCUT2D eigenvalue weighted by Gasteiger charge is -2.33. The maximum absolute atomic E-state index is 13.4. The van der Waals surface area contributed by atoms with E-state index in [4.69, 9.17) is 0 Å². The van der Waals surface area contributed by atoms with Crippen LogP contribution < -0.4 is 5.32 Å². The Kier molecular flexibility index (Phi) is 4.56. The van der Waals surface area contributed by atoms with Crippen LogP contribution in [-0.4, -0.2) is 16.8 Å². The Labute approximate surface area is 180 Å². The molecule has 31 heavy (non-hydrogen) atoms. The molecule has 0 saturated carbocycles. The van der Waals surface area contributed by atoms with Crippen molar-refractivity contribution in [2.24, 2.45) is 0 Å². The molecular weight excluding hydrogens is 386 g/mol. The van der Waals surface area contributed by atoms with Gasteiger partial charge in [-0.15, -0.1) is 0 Å². The summed E-state index contributed by atoms with van der Waals surface area (Å²) in [5.41, 5.74) is 4.37. The van der Waals surface area contributed by atoms with E-state index in [1.165, 1.54) is 4.90 Å². The fourth-order valence-corrected chi connectivity index (χ4v) is 4.76. The molecule has 5 rings (SSSR count). The van der Waals surface area contributed by atoms with Crippen molar-refractivity contribution in [3.63, 3.8) is 0 Å². The van der Waals surface area contributed by atoms with Crippen LogP contribution in [0.3, 0.4) is 0 Å². The van der Waals surface area contributed by atoms with Crippen LogP contribution in [0.2, 0.25) is 0 Å². The Morgan fingerprint density at radius 1 is 0.968 bits per heavy atom. The predicted molar refractivity (Wildman–Crippen MR) is 117 cm³/mol. The lowest BCUT2D eigenvalue weighted by atomic mass is 9.76. The van der Waals surface area contributed by atoms with Gasteiger partial charge in [0.2, 0.25) is 0 Å². The standard InChI is InChI=1S/C26H21N3O2/c27-16-21-7-1-3-9-22(21)19-13-11-18(12-14-19)17-29-24(30)26(28-25(29)31)15-5-8-20-6-2-4-10-23(20)26/h1-4,6-7,9-14H,5,8,15,17H2,(H,28,31). The number of nitrogens with one attached hydrogen (secondary N) is 1. The molecule has 0 bridgehead atoms.